The Bertz CT molecular complexity index is 1040. The maximum Gasteiger partial charge on any atom is 0.0778 e. The zero-order chi connectivity index (χ0) is 19.9. The highest BCUT2D eigenvalue weighted by molar-refractivity contribution is 6.30. The van der Waals surface area contributed by atoms with E-state index in [2.05, 4.69) is 108 Å². The third-order valence-electron chi connectivity index (χ3n) is 4.83. The first-order valence-corrected chi connectivity index (χ1v) is 10.1. The maximum atomic E-state index is 6.17. The number of hydrogen-bond donors (Lipinski definition) is 0. The van der Waals surface area contributed by atoms with Crippen LogP contribution in [0.3, 0.4) is 0 Å². The van der Waals surface area contributed by atoms with E-state index >= 15 is 0 Å². The number of anilines is 2. The maximum absolute atomic E-state index is 6.17. The number of hydrogen-bond acceptors (Lipinski definition) is 1. The van der Waals surface area contributed by atoms with Gasteiger partial charge < -0.3 is 4.90 Å². The number of rotatable bonds is 6. The molecule has 29 heavy (non-hydrogen) atoms. The molecular weight excluding hydrogens is 374 g/mol. The second-order valence-corrected chi connectivity index (χ2v) is 7.24. The molecule has 0 amide bonds. The average molecular weight is 396 g/mol. The van der Waals surface area contributed by atoms with Crippen molar-refractivity contribution in [1.29, 1.82) is 0 Å². The zero-order valence-electron chi connectivity index (χ0n) is 16.0. The van der Waals surface area contributed by atoms with E-state index in [1.807, 2.05) is 24.3 Å². The number of halogens is 1. The van der Waals surface area contributed by atoms with E-state index in [1.165, 1.54) is 11.1 Å². The number of benzene rings is 4. The van der Waals surface area contributed by atoms with Gasteiger partial charge in [-0.3, -0.25) is 0 Å². The molecule has 0 aliphatic heterocycles. The normalized spacial score (nSPS) is 12.0. The Morgan fingerprint density at radius 2 is 1.10 bits per heavy atom. The second kappa shape index (κ2) is 9.27. The smallest absolute Gasteiger partial charge is 0.0778 e. The van der Waals surface area contributed by atoms with Crippen LogP contribution in [-0.4, -0.2) is 0 Å². The van der Waals surface area contributed by atoms with Crippen LogP contribution in [0.4, 0.5) is 11.4 Å². The second-order valence-electron chi connectivity index (χ2n) is 6.81. The Morgan fingerprint density at radius 1 is 0.586 bits per heavy atom. The number of nitrogens with zero attached hydrogens (tertiary/aromatic N) is 1. The summed E-state index contributed by atoms with van der Waals surface area (Å²) in [5.74, 6) is 0. The lowest BCUT2D eigenvalue weighted by Crippen LogP contribution is -2.22. The quantitative estimate of drug-likeness (QED) is 0.320. The van der Waals surface area contributed by atoms with Crippen molar-refractivity contribution >= 4 is 29.1 Å². The van der Waals surface area contributed by atoms with Gasteiger partial charge in [0.1, 0.15) is 0 Å². The average Bonchev–Trinajstić information content (AvgIpc) is 2.79. The van der Waals surface area contributed by atoms with Gasteiger partial charge in [0, 0.05) is 16.4 Å². The SMILES string of the molecule is Clc1ccc(N(c2ccccc2)C(/C=C/c2ccccc2)c2ccccc2)cc1. The van der Waals surface area contributed by atoms with Crippen LogP contribution in [0, 0.1) is 0 Å². The molecule has 1 unspecified atom stereocenters. The lowest BCUT2D eigenvalue weighted by molar-refractivity contribution is 0.854. The summed E-state index contributed by atoms with van der Waals surface area (Å²) in [4.78, 5) is 2.34. The zero-order valence-corrected chi connectivity index (χ0v) is 16.8. The van der Waals surface area contributed by atoms with Crippen molar-refractivity contribution in [3.63, 3.8) is 0 Å². The molecule has 0 radical (unpaired) electrons. The summed E-state index contributed by atoms with van der Waals surface area (Å²) in [5.41, 5.74) is 4.62. The molecule has 0 aliphatic rings. The van der Waals surface area contributed by atoms with Gasteiger partial charge in [-0.15, -0.1) is 0 Å². The molecule has 1 nitrogen and oxygen atoms in total. The summed E-state index contributed by atoms with van der Waals surface area (Å²) in [6, 6.07) is 39.5. The largest absolute Gasteiger partial charge is 0.330 e. The van der Waals surface area contributed by atoms with Gasteiger partial charge in [-0.25, -0.2) is 0 Å². The van der Waals surface area contributed by atoms with E-state index in [4.69, 9.17) is 11.6 Å². The van der Waals surface area contributed by atoms with Gasteiger partial charge in [0.15, 0.2) is 0 Å². The van der Waals surface area contributed by atoms with Crippen molar-refractivity contribution in [3.05, 3.63) is 137 Å². The van der Waals surface area contributed by atoms with Crippen LogP contribution >= 0.6 is 11.6 Å². The summed E-state index contributed by atoms with van der Waals surface area (Å²) < 4.78 is 0. The summed E-state index contributed by atoms with van der Waals surface area (Å²) >= 11 is 6.17. The molecule has 4 aromatic rings. The predicted octanol–water partition coefficient (Wildman–Crippen LogP) is 7.93. The van der Waals surface area contributed by atoms with Gasteiger partial charge in [-0.2, -0.15) is 0 Å². The van der Waals surface area contributed by atoms with Crippen LogP contribution in [0.1, 0.15) is 17.2 Å². The van der Waals surface area contributed by atoms with Crippen LogP contribution in [0.15, 0.2) is 121 Å². The van der Waals surface area contributed by atoms with E-state index in [0.29, 0.717) is 0 Å². The van der Waals surface area contributed by atoms with E-state index in [-0.39, 0.29) is 6.04 Å². The molecule has 0 fully saturated rings. The van der Waals surface area contributed by atoms with Gasteiger partial charge in [0.05, 0.1) is 6.04 Å². The van der Waals surface area contributed by atoms with Gasteiger partial charge in [0.2, 0.25) is 0 Å². The molecule has 142 valence electrons. The molecule has 0 aliphatic carbocycles. The molecular formula is C27H22ClN. The molecule has 0 heterocycles. The Kier molecular flexibility index (Phi) is 6.09. The van der Waals surface area contributed by atoms with Crippen molar-refractivity contribution in [2.75, 3.05) is 4.90 Å². The van der Waals surface area contributed by atoms with Crippen LogP contribution in [0.5, 0.6) is 0 Å². The molecule has 1 atom stereocenters. The van der Waals surface area contributed by atoms with Gasteiger partial charge >= 0.3 is 0 Å². The molecule has 4 aromatic carbocycles. The Morgan fingerprint density at radius 3 is 1.72 bits per heavy atom. The van der Waals surface area contributed by atoms with Gasteiger partial charge in [-0.1, -0.05) is 103 Å². The van der Waals surface area contributed by atoms with Crippen molar-refractivity contribution < 1.29 is 0 Å². The minimum atomic E-state index is 0.0278. The van der Waals surface area contributed by atoms with Gasteiger partial charge in [0.25, 0.3) is 0 Å². The molecule has 2 heteroatoms. The molecule has 0 saturated carbocycles. The lowest BCUT2D eigenvalue weighted by atomic mass is 10.0. The fourth-order valence-corrected chi connectivity index (χ4v) is 3.55. The fourth-order valence-electron chi connectivity index (χ4n) is 3.42. The standard InChI is InChI=1S/C27H22ClN/c28-24-17-19-26(20-18-24)29(25-14-8-3-9-15-25)27(23-12-6-2-7-13-23)21-16-22-10-4-1-5-11-22/h1-21,27H/b21-16+. The predicted molar refractivity (Wildman–Crippen MR) is 125 cm³/mol. The molecule has 0 bridgehead atoms. The highest BCUT2D eigenvalue weighted by Crippen LogP contribution is 2.36. The van der Waals surface area contributed by atoms with Crippen LogP contribution in [-0.2, 0) is 0 Å². The van der Waals surface area contributed by atoms with Crippen LogP contribution in [0.25, 0.3) is 6.08 Å². The van der Waals surface area contributed by atoms with E-state index < -0.39 is 0 Å². The Labute approximate surface area is 177 Å². The molecule has 0 N–H and O–H groups in total. The summed E-state index contributed by atoms with van der Waals surface area (Å²) in [5, 5.41) is 0.734. The third kappa shape index (κ3) is 4.77. The van der Waals surface area contributed by atoms with Crippen molar-refractivity contribution in [2.24, 2.45) is 0 Å². The monoisotopic (exact) mass is 395 g/mol. The minimum Gasteiger partial charge on any atom is -0.330 e. The molecule has 0 spiro atoms. The highest BCUT2D eigenvalue weighted by atomic mass is 35.5. The van der Waals surface area contributed by atoms with E-state index in [0.717, 1.165) is 16.4 Å². The van der Waals surface area contributed by atoms with Crippen molar-refractivity contribution in [2.45, 2.75) is 6.04 Å². The lowest BCUT2D eigenvalue weighted by Gasteiger charge is -2.32. The molecule has 0 aromatic heterocycles. The first-order valence-electron chi connectivity index (χ1n) is 9.69. The Balaban J connectivity index is 1.83. The highest BCUT2D eigenvalue weighted by Gasteiger charge is 2.20. The Hall–Kier alpha value is -3.29. The molecule has 4 rings (SSSR count). The van der Waals surface area contributed by atoms with Gasteiger partial charge in [-0.05, 0) is 47.5 Å². The van der Waals surface area contributed by atoms with E-state index in [9.17, 15) is 0 Å². The first kappa shape index (κ1) is 19.0. The fraction of sp³-hybridized carbons (Fsp3) is 0.0370. The van der Waals surface area contributed by atoms with Crippen molar-refractivity contribution in [1.82, 2.24) is 0 Å². The summed E-state index contributed by atoms with van der Waals surface area (Å²) in [6.45, 7) is 0. The van der Waals surface area contributed by atoms with E-state index in [1.54, 1.807) is 0 Å². The summed E-state index contributed by atoms with van der Waals surface area (Å²) in [7, 11) is 0. The first-order chi connectivity index (χ1) is 14.3. The third-order valence-corrected chi connectivity index (χ3v) is 5.08. The van der Waals surface area contributed by atoms with Crippen molar-refractivity contribution in [3.8, 4) is 0 Å². The van der Waals surface area contributed by atoms with Crippen LogP contribution < -0.4 is 4.90 Å². The number of para-hydroxylation sites is 1. The topological polar surface area (TPSA) is 3.24 Å². The summed E-state index contributed by atoms with van der Waals surface area (Å²) in [6.07, 6.45) is 4.44. The van der Waals surface area contributed by atoms with Crippen LogP contribution in [0.2, 0.25) is 5.02 Å². The molecule has 0 saturated heterocycles. The minimum absolute atomic E-state index is 0.0278.